The summed E-state index contributed by atoms with van der Waals surface area (Å²) in [7, 11) is 3.66. The molecule has 90 valence electrons. The fraction of sp³-hybridized carbons (Fsp3) is 0.273. The maximum absolute atomic E-state index is 11.1. The van der Waals surface area contributed by atoms with Crippen molar-refractivity contribution in [3.8, 4) is 0 Å². The number of rotatable bonds is 4. The second-order valence-corrected chi connectivity index (χ2v) is 3.87. The van der Waals surface area contributed by atoms with Gasteiger partial charge in [0, 0.05) is 32.1 Å². The lowest BCUT2D eigenvalue weighted by atomic mass is 10.4. The molecule has 2 aromatic heterocycles. The van der Waals surface area contributed by atoms with Crippen molar-refractivity contribution in [3.05, 3.63) is 35.8 Å². The van der Waals surface area contributed by atoms with Gasteiger partial charge in [0.25, 0.3) is 5.91 Å². The van der Waals surface area contributed by atoms with Gasteiger partial charge < -0.3 is 15.6 Å². The Labute approximate surface area is 99.0 Å². The highest BCUT2D eigenvalue weighted by molar-refractivity contribution is 5.91. The number of primary amides is 1. The zero-order valence-corrected chi connectivity index (χ0v) is 9.84. The monoisotopic (exact) mass is 233 g/mol. The van der Waals surface area contributed by atoms with E-state index in [2.05, 4.69) is 10.4 Å². The van der Waals surface area contributed by atoms with Crippen LogP contribution in [-0.4, -0.2) is 20.3 Å². The van der Waals surface area contributed by atoms with Crippen LogP contribution in [0.25, 0.3) is 0 Å². The Morgan fingerprint density at radius 2 is 2.29 bits per heavy atom. The van der Waals surface area contributed by atoms with E-state index in [0.717, 1.165) is 5.69 Å². The largest absolute Gasteiger partial charge is 0.364 e. The van der Waals surface area contributed by atoms with Crippen LogP contribution in [0, 0.1) is 0 Å². The SMILES string of the molecule is Cn1cccc1CNc1cc(C(N)=O)n(C)n1. The number of amides is 1. The van der Waals surface area contributed by atoms with Crippen LogP contribution in [0.2, 0.25) is 0 Å². The molecule has 0 spiro atoms. The van der Waals surface area contributed by atoms with Crippen molar-refractivity contribution in [1.82, 2.24) is 14.3 Å². The lowest BCUT2D eigenvalue weighted by Gasteiger charge is -2.03. The molecular formula is C11H15N5O. The number of aromatic nitrogens is 3. The zero-order chi connectivity index (χ0) is 12.4. The molecule has 0 aliphatic heterocycles. The van der Waals surface area contributed by atoms with E-state index in [1.165, 1.54) is 4.68 Å². The quantitative estimate of drug-likeness (QED) is 0.805. The average molecular weight is 233 g/mol. The molecule has 0 bridgehead atoms. The van der Waals surface area contributed by atoms with Gasteiger partial charge >= 0.3 is 0 Å². The summed E-state index contributed by atoms with van der Waals surface area (Å²) in [4.78, 5) is 11.1. The second-order valence-electron chi connectivity index (χ2n) is 3.87. The molecule has 17 heavy (non-hydrogen) atoms. The summed E-state index contributed by atoms with van der Waals surface area (Å²) < 4.78 is 3.49. The molecular weight excluding hydrogens is 218 g/mol. The van der Waals surface area contributed by atoms with Crippen LogP contribution in [0.3, 0.4) is 0 Å². The van der Waals surface area contributed by atoms with Crippen molar-refractivity contribution in [2.45, 2.75) is 6.54 Å². The summed E-state index contributed by atoms with van der Waals surface area (Å²) in [6.45, 7) is 0.652. The van der Waals surface area contributed by atoms with Gasteiger partial charge in [-0.1, -0.05) is 0 Å². The van der Waals surface area contributed by atoms with Gasteiger partial charge in [-0.3, -0.25) is 9.48 Å². The van der Waals surface area contributed by atoms with Gasteiger partial charge in [0.2, 0.25) is 0 Å². The molecule has 6 heteroatoms. The molecule has 0 aromatic carbocycles. The van der Waals surface area contributed by atoms with Gasteiger partial charge in [-0.15, -0.1) is 0 Å². The Hall–Kier alpha value is -2.24. The first-order valence-electron chi connectivity index (χ1n) is 5.26. The Morgan fingerprint density at radius 1 is 1.53 bits per heavy atom. The van der Waals surface area contributed by atoms with Crippen LogP contribution in [0.5, 0.6) is 0 Å². The summed E-state index contributed by atoms with van der Waals surface area (Å²) in [5, 5.41) is 7.30. The molecule has 2 aromatic rings. The topological polar surface area (TPSA) is 77.9 Å². The Balaban J connectivity index is 2.07. The predicted molar refractivity (Wildman–Crippen MR) is 64.5 cm³/mol. The fourth-order valence-corrected chi connectivity index (χ4v) is 1.65. The van der Waals surface area contributed by atoms with Gasteiger partial charge in [-0.2, -0.15) is 5.10 Å². The minimum atomic E-state index is -0.480. The third-order valence-corrected chi connectivity index (χ3v) is 2.63. The van der Waals surface area contributed by atoms with Crippen molar-refractivity contribution in [3.63, 3.8) is 0 Å². The summed E-state index contributed by atoms with van der Waals surface area (Å²) in [5.41, 5.74) is 6.73. The number of carbonyl (C=O) groups is 1. The molecule has 1 amide bonds. The Kier molecular flexibility index (Phi) is 2.86. The Bertz CT molecular complexity index is 540. The highest BCUT2D eigenvalue weighted by Crippen LogP contribution is 2.09. The first-order valence-corrected chi connectivity index (χ1v) is 5.26. The molecule has 6 nitrogen and oxygen atoms in total. The number of hydrogen-bond acceptors (Lipinski definition) is 3. The van der Waals surface area contributed by atoms with E-state index < -0.39 is 5.91 Å². The predicted octanol–water partition coefficient (Wildman–Crippen LogP) is 0.470. The van der Waals surface area contributed by atoms with Crippen molar-refractivity contribution >= 4 is 11.7 Å². The summed E-state index contributed by atoms with van der Waals surface area (Å²) in [6, 6.07) is 5.64. The molecule has 0 saturated heterocycles. The molecule has 0 atom stereocenters. The van der Waals surface area contributed by atoms with Crippen LogP contribution < -0.4 is 11.1 Å². The minimum absolute atomic E-state index is 0.388. The standard InChI is InChI=1S/C11H15N5O/c1-15-5-3-4-8(15)7-13-10-6-9(11(12)17)16(2)14-10/h3-6H,7H2,1-2H3,(H2,12,17)(H,13,14). The highest BCUT2D eigenvalue weighted by atomic mass is 16.1. The van der Waals surface area contributed by atoms with Crippen molar-refractivity contribution < 1.29 is 4.79 Å². The van der Waals surface area contributed by atoms with E-state index in [9.17, 15) is 4.79 Å². The number of nitrogens with zero attached hydrogens (tertiary/aromatic N) is 3. The molecule has 0 saturated carbocycles. The lowest BCUT2D eigenvalue weighted by Crippen LogP contribution is -2.15. The summed E-state index contributed by atoms with van der Waals surface area (Å²) in [6.07, 6.45) is 1.98. The molecule has 0 aliphatic rings. The van der Waals surface area contributed by atoms with Crippen LogP contribution >= 0.6 is 0 Å². The lowest BCUT2D eigenvalue weighted by molar-refractivity contribution is 0.0991. The molecule has 0 aliphatic carbocycles. The van der Waals surface area contributed by atoms with E-state index in [-0.39, 0.29) is 0 Å². The van der Waals surface area contributed by atoms with Gasteiger partial charge in [0.1, 0.15) is 11.5 Å². The number of aryl methyl sites for hydroxylation is 2. The van der Waals surface area contributed by atoms with Gasteiger partial charge in [-0.05, 0) is 12.1 Å². The summed E-state index contributed by atoms with van der Waals surface area (Å²) >= 11 is 0. The van der Waals surface area contributed by atoms with Crippen molar-refractivity contribution in [2.24, 2.45) is 19.8 Å². The third-order valence-electron chi connectivity index (χ3n) is 2.63. The van der Waals surface area contributed by atoms with E-state index in [0.29, 0.717) is 18.1 Å². The first-order chi connectivity index (χ1) is 8.08. The van der Waals surface area contributed by atoms with E-state index in [4.69, 9.17) is 5.73 Å². The highest BCUT2D eigenvalue weighted by Gasteiger charge is 2.09. The number of nitrogens with one attached hydrogen (secondary N) is 1. The van der Waals surface area contributed by atoms with Crippen molar-refractivity contribution in [1.29, 1.82) is 0 Å². The van der Waals surface area contributed by atoms with E-state index >= 15 is 0 Å². The summed E-state index contributed by atoms with van der Waals surface area (Å²) in [5.74, 6) is 0.161. The van der Waals surface area contributed by atoms with Gasteiger partial charge in [0.05, 0.1) is 6.54 Å². The molecule has 2 rings (SSSR count). The molecule has 2 heterocycles. The second kappa shape index (κ2) is 4.32. The smallest absolute Gasteiger partial charge is 0.267 e. The van der Waals surface area contributed by atoms with Crippen LogP contribution in [0.4, 0.5) is 5.82 Å². The molecule has 0 unspecified atom stereocenters. The van der Waals surface area contributed by atoms with Gasteiger partial charge in [0.15, 0.2) is 0 Å². The first kappa shape index (κ1) is 11.3. The van der Waals surface area contributed by atoms with Crippen molar-refractivity contribution in [2.75, 3.05) is 5.32 Å². The number of carbonyl (C=O) groups excluding carboxylic acids is 1. The average Bonchev–Trinajstić information content (AvgIpc) is 2.82. The minimum Gasteiger partial charge on any atom is -0.364 e. The van der Waals surface area contributed by atoms with Crippen LogP contribution in [0.1, 0.15) is 16.2 Å². The number of nitrogens with two attached hydrogens (primary N) is 1. The third kappa shape index (κ3) is 2.30. The molecule has 3 N–H and O–H groups in total. The number of hydrogen-bond donors (Lipinski definition) is 2. The zero-order valence-electron chi connectivity index (χ0n) is 9.84. The van der Waals surface area contributed by atoms with Crippen LogP contribution in [-0.2, 0) is 20.6 Å². The maximum Gasteiger partial charge on any atom is 0.267 e. The maximum atomic E-state index is 11.1. The normalized spacial score (nSPS) is 10.5. The van der Waals surface area contributed by atoms with E-state index in [1.54, 1.807) is 13.1 Å². The van der Waals surface area contributed by atoms with E-state index in [1.807, 2.05) is 29.9 Å². The number of anilines is 1. The molecule has 0 fully saturated rings. The molecule has 0 radical (unpaired) electrons. The van der Waals surface area contributed by atoms with Gasteiger partial charge in [-0.25, -0.2) is 0 Å². The Morgan fingerprint density at radius 3 is 2.82 bits per heavy atom. The van der Waals surface area contributed by atoms with Crippen LogP contribution in [0.15, 0.2) is 24.4 Å². The fourth-order valence-electron chi connectivity index (χ4n) is 1.65.